The average molecular weight is 333 g/mol. The van der Waals surface area contributed by atoms with Crippen LogP contribution < -0.4 is 5.32 Å². The van der Waals surface area contributed by atoms with Crippen LogP contribution in [-0.4, -0.2) is 27.6 Å². The van der Waals surface area contributed by atoms with E-state index in [-0.39, 0.29) is 0 Å². The fourth-order valence-corrected chi connectivity index (χ4v) is 4.00. The summed E-state index contributed by atoms with van der Waals surface area (Å²) < 4.78 is 2.34. The highest BCUT2D eigenvalue weighted by atomic mass is 35.5. The Labute approximate surface area is 138 Å². The molecule has 3 aromatic heterocycles. The molecule has 3 aromatic rings. The predicted molar refractivity (Wildman–Crippen MR) is 90.8 cm³/mol. The monoisotopic (exact) mass is 332 g/mol. The Balaban J connectivity index is 1.82. The summed E-state index contributed by atoms with van der Waals surface area (Å²) in [5.74, 6) is 1.10. The van der Waals surface area contributed by atoms with Crippen molar-refractivity contribution in [2.24, 2.45) is 0 Å². The minimum Gasteiger partial charge on any atom is -0.317 e. The highest BCUT2D eigenvalue weighted by Gasteiger charge is 2.22. The van der Waals surface area contributed by atoms with E-state index in [0.29, 0.717) is 11.1 Å². The molecule has 0 aromatic carbocycles. The first-order valence-electron chi connectivity index (χ1n) is 7.57. The number of aromatic nitrogens is 3. The lowest BCUT2D eigenvalue weighted by Crippen LogP contribution is -2.30. The number of fused-ring (bicyclic) bond motifs is 1. The van der Waals surface area contributed by atoms with E-state index in [1.807, 2.05) is 6.07 Å². The molecule has 1 aliphatic heterocycles. The molecule has 1 N–H and O–H groups in total. The van der Waals surface area contributed by atoms with E-state index in [1.54, 1.807) is 17.5 Å². The fourth-order valence-electron chi connectivity index (χ4n) is 3.15. The third-order valence-electron chi connectivity index (χ3n) is 4.16. The van der Waals surface area contributed by atoms with E-state index in [2.05, 4.69) is 32.4 Å². The zero-order chi connectivity index (χ0) is 14.9. The van der Waals surface area contributed by atoms with Crippen LogP contribution in [-0.2, 0) is 6.42 Å². The Morgan fingerprint density at radius 2 is 2.23 bits per heavy atom. The Kier molecular flexibility index (Phi) is 3.86. The molecule has 0 aliphatic carbocycles. The predicted octanol–water partition coefficient (Wildman–Crippen LogP) is 3.66. The summed E-state index contributed by atoms with van der Waals surface area (Å²) in [5, 5.41) is 6.18. The number of rotatable bonds is 3. The van der Waals surface area contributed by atoms with Crippen molar-refractivity contribution in [2.45, 2.75) is 25.3 Å². The summed E-state index contributed by atoms with van der Waals surface area (Å²) in [4.78, 5) is 10.7. The van der Waals surface area contributed by atoms with Gasteiger partial charge in [-0.05, 0) is 43.4 Å². The van der Waals surface area contributed by atoms with Crippen LogP contribution >= 0.6 is 22.9 Å². The first-order chi connectivity index (χ1) is 10.8. The van der Waals surface area contributed by atoms with Crippen molar-refractivity contribution in [3.63, 3.8) is 0 Å². The molecule has 0 bridgehead atoms. The van der Waals surface area contributed by atoms with Gasteiger partial charge in [0.25, 0.3) is 0 Å². The van der Waals surface area contributed by atoms with Crippen LogP contribution in [0.4, 0.5) is 0 Å². The van der Waals surface area contributed by atoms with Gasteiger partial charge in [-0.25, -0.2) is 9.97 Å². The number of imidazole rings is 1. The van der Waals surface area contributed by atoms with E-state index < -0.39 is 0 Å². The molecule has 0 spiro atoms. The molecule has 1 aliphatic rings. The van der Waals surface area contributed by atoms with Crippen LogP contribution in [0, 0.1) is 0 Å². The van der Waals surface area contributed by atoms with E-state index in [4.69, 9.17) is 16.6 Å². The van der Waals surface area contributed by atoms with Gasteiger partial charge in [-0.1, -0.05) is 17.7 Å². The van der Waals surface area contributed by atoms with E-state index in [1.165, 1.54) is 4.88 Å². The van der Waals surface area contributed by atoms with Crippen LogP contribution in [0.5, 0.6) is 0 Å². The maximum atomic E-state index is 6.09. The number of piperidine rings is 1. The molecule has 4 rings (SSSR count). The van der Waals surface area contributed by atoms with Crippen molar-refractivity contribution in [2.75, 3.05) is 13.1 Å². The number of pyridine rings is 1. The Bertz CT molecular complexity index is 775. The van der Waals surface area contributed by atoms with Gasteiger partial charge in [0.15, 0.2) is 5.65 Å². The smallest absolute Gasteiger partial charge is 0.160 e. The molecule has 0 atom stereocenters. The minimum atomic E-state index is 0.467. The normalized spacial score (nSPS) is 16.4. The van der Waals surface area contributed by atoms with Crippen molar-refractivity contribution in [3.05, 3.63) is 45.5 Å². The van der Waals surface area contributed by atoms with Gasteiger partial charge in [-0.3, -0.25) is 0 Å². The third kappa shape index (κ3) is 2.64. The topological polar surface area (TPSA) is 42.7 Å². The number of nitrogens with zero attached hydrogens (tertiary/aromatic N) is 3. The van der Waals surface area contributed by atoms with Gasteiger partial charge in [-0.15, -0.1) is 11.3 Å². The molecule has 4 heterocycles. The average Bonchev–Trinajstić information content (AvgIpc) is 3.15. The van der Waals surface area contributed by atoms with Gasteiger partial charge in [-0.2, -0.15) is 0 Å². The quantitative estimate of drug-likeness (QED) is 0.796. The van der Waals surface area contributed by atoms with Crippen LogP contribution in [0.15, 0.2) is 29.8 Å². The van der Waals surface area contributed by atoms with Crippen molar-refractivity contribution < 1.29 is 0 Å². The van der Waals surface area contributed by atoms with Gasteiger partial charge in [0.2, 0.25) is 0 Å². The molecule has 0 unspecified atom stereocenters. The van der Waals surface area contributed by atoms with Crippen molar-refractivity contribution in [3.8, 4) is 0 Å². The van der Waals surface area contributed by atoms with E-state index in [0.717, 1.165) is 49.3 Å². The van der Waals surface area contributed by atoms with E-state index in [9.17, 15) is 0 Å². The number of thiophene rings is 1. The van der Waals surface area contributed by atoms with Gasteiger partial charge < -0.3 is 9.88 Å². The molecule has 0 saturated carbocycles. The van der Waals surface area contributed by atoms with Crippen LogP contribution in [0.3, 0.4) is 0 Å². The lowest BCUT2D eigenvalue weighted by Gasteiger charge is -2.25. The Morgan fingerprint density at radius 3 is 3.00 bits per heavy atom. The largest absolute Gasteiger partial charge is 0.317 e. The fraction of sp³-hybridized carbons (Fsp3) is 0.375. The molecular formula is C16H17ClN4S. The molecule has 1 saturated heterocycles. The van der Waals surface area contributed by atoms with E-state index >= 15 is 0 Å². The first-order valence-corrected chi connectivity index (χ1v) is 8.82. The van der Waals surface area contributed by atoms with Gasteiger partial charge in [0.05, 0.1) is 5.02 Å². The van der Waals surface area contributed by atoms with Crippen molar-refractivity contribution >= 4 is 34.1 Å². The number of hydrogen-bond donors (Lipinski definition) is 1. The maximum Gasteiger partial charge on any atom is 0.160 e. The molecule has 0 amide bonds. The summed E-state index contributed by atoms with van der Waals surface area (Å²) in [7, 11) is 0. The molecule has 22 heavy (non-hydrogen) atoms. The second-order valence-electron chi connectivity index (χ2n) is 5.63. The number of hydrogen-bond acceptors (Lipinski definition) is 4. The van der Waals surface area contributed by atoms with Crippen LogP contribution in [0.25, 0.3) is 11.2 Å². The molecule has 4 nitrogen and oxygen atoms in total. The summed E-state index contributed by atoms with van der Waals surface area (Å²) >= 11 is 7.86. The Hall–Kier alpha value is -1.43. The zero-order valence-corrected chi connectivity index (χ0v) is 13.7. The van der Waals surface area contributed by atoms with Crippen molar-refractivity contribution in [1.82, 2.24) is 19.9 Å². The number of halogens is 1. The highest BCUT2D eigenvalue weighted by molar-refractivity contribution is 7.09. The maximum absolute atomic E-state index is 6.09. The SMILES string of the molecule is Clc1cnc2c(c1)nc(Cc1cccs1)n2C1CCNCC1. The van der Waals surface area contributed by atoms with Gasteiger partial charge >= 0.3 is 0 Å². The molecule has 6 heteroatoms. The minimum absolute atomic E-state index is 0.467. The zero-order valence-electron chi connectivity index (χ0n) is 12.1. The Morgan fingerprint density at radius 1 is 1.36 bits per heavy atom. The second-order valence-corrected chi connectivity index (χ2v) is 7.10. The summed E-state index contributed by atoms with van der Waals surface area (Å²) in [6.07, 6.45) is 4.81. The second kappa shape index (κ2) is 5.99. The summed E-state index contributed by atoms with van der Waals surface area (Å²) in [5.41, 5.74) is 1.86. The standard InChI is InChI=1S/C16H17ClN4S/c17-11-8-14-16(19-10-11)21(12-3-5-18-6-4-12)15(20-14)9-13-2-1-7-22-13/h1-2,7-8,10,12,18H,3-6,9H2. The van der Waals surface area contributed by atoms with Crippen LogP contribution in [0.2, 0.25) is 5.02 Å². The lowest BCUT2D eigenvalue weighted by atomic mass is 10.1. The molecule has 114 valence electrons. The molecule has 1 fully saturated rings. The number of nitrogens with one attached hydrogen (secondary N) is 1. The first kappa shape index (κ1) is 14.2. The summed E-state index contributed by atoms with van der Waals surface area (Å²) in [6, 6.07) is 6.64. The van der Waals surface area contributed by atoms with Gasteiger partial charge in [0.1, 0.15) is 11.3 Å². The summed E-state index contributed by atoms with van der Waals surface area (Å²) in [6.45, 7) is 2.10. The molecule has 0 radical (unpaired) electrons. The lowest BCUT2D eigenvalue weighted by molar-refractivity contribution is 0.367. The van der Waals surface area contributed by atoms with Gasteiger partial charge in [0, 0.05) is 23.5 Å². The highest BCUT2D eigenvalue weighted by Crippen LogP contribution is 2.28. The third-order valence-corrected chi connectivity index (χ3v) is 5.24. The molecular weight excluding hydrogens is 316 g/mol. The van der Waals surface area contributed by atoms with Crippen molar-refractivity contribution in [1.29, 1.82) is 0 Å². The van der Waals surface area contributed by atoms with Crippen LogP contribution in [0.1, 0.15) is 29.6 Å².